The van der Waals surface area contributed by atoms with Crippen LogP contribution < -0.4 is 16.0 Å². The monoisotopic (exact) mass is 282 g/mol. The van der Waals surface area contributed by atoms with Crippen LogP contribution >= 0.6 is 0 Å². The summed E-state index contributed by atoms with van der Waals surface area (Å²) < 4.78 is 5.56. The SMILES string of the molecule is Cc1ccc(CCC(NN)c2ccc3c(c2)CCO3)cc1. The molecule has 1 atom stereocenters. The lowest BCUT2D eigenvalue weighted by molar-refractivity contribution is 0.356. The van der Waals surface area contributed by atoms with Gasteiger partial charge in [0.05, 0.1) is 6.61 Å². The Labute approximate surface area is 126 Å². The lowest BCUT2D eigenvalue weighted by atomic mass is 9.97. The van der Waals surface area contributed by atoms with Crippen LogP contribution in [-0.2, 0) is 12.8 Å². The average Bonchev–Trinajstić information content (AvgIpc) is 2.97. The van der Waals surface area contributed by atoms with Crippen LogP contribution in [0.1, 0.15) is 34.7 Å². The van der Waals surface area contributed by atoms with Crippen LogP contribution in [0.2, 0.25) is 0 Å². The Morgan fingerprint density at radius 3 is 2.76 bits per heavy atom. The molecule has 0 bridgehead atoms. The highest BCUT2D eigenvalue weighted by atomic mass is 16.5. The minimum atomic E-state index is 0.178. The van der Waals surface area contributed by atoms with Gasteiger partial charge in [0.2, 0.25) is 0 Å². The first-order chi connectivity index (χ1) is 10.3. The molecule has 2 aromatic rings. The Kier molecular flexibility index (Phi) is 4.23. The maximum absolute atomic E-state index is 5.76. The van der Waals surface area contributed by atoms with E-state index in [1.54, 1.807) is 0 Å². The van der Waals surface area contributed by atoms with E-state index in [2.05, 4.69) is 54.8 Å². The van der Waals surface area contributed by atoms with E-state index in [4.69, 9.17) is 10.6 Å². The molecule has 3 nitrogen and oxygen atoms in total. The van der Waals surface area contributed by atoms with Gasteiger partial charge in [-0.1, -0.05) is 42.0 Å². The molecule has 0 amide bonds. The second kappa shape index (κ2) is 6.29. The second-order valence-electron chi connectivity index (χ2n) is 5.71. The maximum Gasteiger partial charge on any atom is 0.122 e. The fraction of sp³-hybridized carbons (Fsp3) is 0.333. The Morgan fingerprint density at radius 2 is 2.00 bits per heavy atom. The molecule has 21 heavy (non-hydrogen) atoms. The Morgan fingerprint density at radius 1 is 1.19 bits per heavy atom. The summed E-state index contributed by atoms with van der Waals surface area (Å²) in [6.07, 6.45) is 3.00. The predicted molar refractivity (Wildman–Crippen MR) is 85.2 cm³/mol. The minimum absolute atomic E-state index is 0.178. The van der Waals surface area contributed by atoms with E-state index in [9.17, 15) is 0 Å². The van der Waals surface area contributed by atoms with E-state index >= 15 is 0 Å². The molecule has 0 radical (unpaired) electrons. The fourth-order valence-corrected chi connectivity index (χ4v) is 2.84. The van der Waals surface area contributed by atoms with Gasteiger partial charge < -0.3 is 4.74 Å². The summed E-state index contributed by atoms with van der Waals surface area (Å²) in [6, 6.07) is 15.3. The number of hydrogen-bond donors (Lipinski definition) is 2. The quantitative estimate of drug-likeness (QED) is 0.654. The number of hydrogen-bond acceptors (Lipinski definition) is 3. The maximum atomic E-state index is 5.76. The number of fused-ring (bicyclic) bond motifs is 1. The first kappa shape index (κ1) is 14.1. The summed E-state index contributed by atoms with van der Waals surface area (Å²) in [6.45, 7) is 2.91. The summed E-state index contributed by atoms with van der Waals surface area (Å²) in [5.74, 6) is 6.78. The van der Waals surface area contributed by atoms with E-state index in [0.717, 1.165) is 31.6 Å². The topological polar surface area (TPSA) is 47.3 Å². The van der Waals surface area contributed by atoms with Gasteiger partial charge in [-0.15, -0.1) is 0 Å². The lowest BCUT2D eigenvalue weighted by Gasteiger charge is -2.17. The number of hydrazine groups is 1. The first-order valence-electron chi connectivity index (χ1n) is 7.53. The number of aryl methyl sites for hydroxylation is 2. The molecule has 1 aliphatic rings. The predicted octanol–water partition coefficient (Wildman–Crippen LogP) is 3.07. The molecule has 0 spiro atoms. The molecule has 0 aromatic heterocycles. The van der Waals surface area contributed by atoms with Crippen molar-refractivity contribution in [3.63, 3.8) is 0 Å². The molecule has 2 aromatic carbocycles. The van der Waals surface area contributed by atoms with Crippen molar-refractivity contribution in [1.29, 1.82) is 0 Å². The molecule has 0 aliphatic carbocycles. The molecule has 0 saturated carbocycles. The van der Waals surface area contributed by atoms with Crippen molar-refractivity contribution in [3.05, 3.63) is 64.7 Å². The van der Waals surface area contributed by atoms with Crippen molar-refractivity contribution in [2.75, 3.05) is 6.61 Å². The van der Waals surface area contributed by atoms with Crippen LogP contribution in [-0.4, -0.2) is 6.61 Å². The summed E-state index contributed by atoms with van der Waals surface area (Å²) in [5.41, 5.74) is 8.14. The lowest BCUT2D eigenvalue weighted by Crippen LogP contribution is -2.28. The first-order valence-corrected chi connectivity index (χ1v) is 7.53. The highest BCUT2D eigenvalue weighted by Gasteiger charge is 2.16. The number of ether oxygens (including phenoxy) is 1. The molecule has 110 valence electrons. The van der Waals surface area contributed by atoms with Gasteiger partial charge in [-0.2, -0.15) is 0 Å². The van der Waals surface area contributed by atoms with Gasteiger partial charge >= 0.3 is 0 Å². The van der Waals surface area contributed by atoms with E-state index in [1.807, 2.05) is 0 Å². The van der Waals surface area contributed by atoms with E-state index in [-0.39, 0.29) is 6.04 Å². The molecule has 0 fully saturated rings. The number of rotatable bonds is 5. The van der Waals surface area contributed by atoms with E-state index in [0.29, 0.717) is 0 Å². The van der Waals surface area contributed by atoms with Gasteiger partial charge in [0.15, 0.2) is 0 Å². The van der Waals surface area contributed by atoms with Crippen molar-refractivity contribution >= 4 is 0 Å². The summed E-state index contributed by atoms with van der Waals surface area (Å²) >= 11 is 0. The van der Waals surface area contributed by atoms with Crippen molar-refractivity contribution in [3.8, 4) is 5.75 Å². The Bertz CT molecular complexity index is 607. The molecule has 1 heterocycles. The standard InChI is InChI=1S/C18H22N2O/c1-13-2-4-14(5-3-13)6-8-17(20-19)15-7-9-18-16(12-15)10-11-21-18/h2-5,7,9,12,17,20H,6,8,10-11,19H2,1H3. The average molecular weight is 282 g/mol. The molecule has 3 N–H and O–H groups in total. The van der Waals surface area contributed by atoms with Crippen molar-refractivity contribution in [1.82, 2.24) is 5.43 Å². The summed E-state index contributed by atoms with van der Waals surface area (Å²) in [4.78, 5) is 0. The summed E-state index contributed by atoms with van der Waals surface area (Å²) in [5, 5.41) is 0. The van der Waals surface area contributed by atoms with Crippen LogP contribution in [0.15, 0.2) is 42.5 Å². The van der Waals surface area contributed by atoms with Crippen LogP contribution in [0.3, 0.4) is 0 Å². The third-order valence-electron chi connectivity index (χ3n) is 4.16. The molecular weight excluding hydrogens is 260 g/mol. The third kappa shape index (κ3) is 3.26. The van der Waals surface area contributed by atoms with Gasteiger partial charge in [-0.3, -0.25) is 11.3 Å². The number of benzene rings is 2. The highest BCUT2D eigenvalue weighted by molar-refractivity contribution is 5.40. The van der Waals surface area contributed by atoms with Crippen LogP contribution in [0.25, 0.3) is 0 Å². The fourth-order valence-electron chi connectivity index (χ4n) is 2.84. The van der Waals surface area contributed by atoms with Crippen molar-refractivity contribution in [2.45, 2.75) is 32.2 Å². The van der Waals surface area contributed by atoms with E-state index < -0.39 is 0 Å². The molecular formula is C18H22N2O. The van der Waals surface area contributed by atoms with Crippen molar-refractivity contribution in [2.24, 2.45) is 5.84 Å². The number of nitrogens with one attached hydrogen (secondary N) is 1. The van der Waals surface area contributed by atoms with Gasteiger partial charge in [0, 0.05) is 12.5 Å². The zero-order valence-electron chi connectivity index (χ0n) is 12.4. The zero-order valence-corrected chi connectivity index (χ0v) is 12.4. The normalized spacial score (nSPS) is 14.6. The van der Waals surface area contributed by atoms with E-state index in [1.165, 1.54) is 22.3 Å². The Hall–Kier alpha value is -1.84. The zero-order chi connectivity index (χ0) is 14.7. The smallest absolute Gasteiger partial charge is 0.122 e. The minimum Gasteiger partial charge on any atom is -0.493 e. The molecule has 0 saturated heterocycles. The molecule has 3 rings (SSSR count). The number of nitrogens with two attached hydrogens (primary N) is 1. The largest absolute Gasteiger partial charge is 0.493 e. The second-order valence-corrected chi connectivity index (χ2v) is 5.71. The molecule has 3 heteroatoms. The Balaban J connectivity index is 1.68. The van der Waals surface area contributed by atoms with Gasteiger partial charge in [0.1, 0.15) is 5.75 Å². The molecule has 1 aliphatic heterocycles. The highest BCUT2D eigenvalue weighted by Crippen LogP contribution is 2.29. The van der Waals surface area contributed by atoms with Crippen LogP contribution in [0.4, 0.5) is 0 Å². The van der Waals surface area contributed by atoms with Gasteiger partial charge in [0.25, 0.3) is 0 Å². The van der Waals surface area contributed by atoms with Crippen LogP contribution in [0.5, 0.6) is 5.75 Å². The van der Waals surface area contributed by atoms with Crippen molar-refractivity contribution < 1.29 is 4.74 Å². The van der Waals surface area contributed by atoms with Crippen LogP contribution in [0, 0.1) is 6.92 Å². The molecule has 1 unspecified atom stereocenters. The van der Waals surface area contributed by atoms with Gasteiger partial charge in [-0.25, -0.2) is 0 Å². The third-order valence-corrected chi connectivity index (χ3v) is 4.16. The van der Waals surface area contributed by atoms with Gasteiger partial charge in [-0.05, 0) is 42.5 Å². The summed E-state index contributed by atoms with van der Waals surface area (Å²) in [7, 11) is 0.